The number of hydrogen-bond donors (Lipinski definition) is 2. The van der Waals surface area contributed by atoms with Crippen molar-refractivity contribution >= 4 is 54.8 Å². The summed E-state index contributed by atoms with van der Waals surface area (Å²) in [4.78, 5) is 16.7. The molecule has 0 saturated carbocycles. The molecule has 0 aliphatic carbocycles. The average molecular weight is 375 g/mol. The second kappa shape index (κ2) is 6.34. The van der Waals surface area contributed by atoms with Crippen LogP contribution in [-0.4, -0.2) is 42.8 Å². The maximum atomic E-state index is 12.1. The fourth-order valence-electron chi connectivity index (χ4n) is 3.15. The van der Waals surface area contributed by atoms with Crippen molar-refractivity contribution in [3.05, 3.63) is 36.4 Å². The lowest BCUT2D eigenvalue weighted by atomic mass is 10.1. The molecule has 0 spiro atoms. The Morgan fingerprint density at radius 1 is 1.28 bits per heavy atom. The summed E-state index contributed by atoms with van der Waals surface area (Å²) in [6.07, 6.45) is 0.493. The Hall–Kier alpha value is -2.06. The highest BCUT2D eigenvalue weighted by molar-refractivity contribution is 8.14. The minimum Gasteiger partial charge on any atom is -0.352 e. The molecule has 2 aliphatic heterocycles. The molecular weight excluding hydrogens is 358 g/mol. The lowest BCUT2D eigenvalue weighted by Crippen LogP contribution is -2.37. The molecule has 2 heterocycles. The van der Waals surface area contributed by atoms with E-state index < -0.39 is 9.84 Å². The van der Waals surface area contributed by atoms with Crippen LogP contribution in [0.2, 0.25) is 0 Å². The standard InChI is InChI=1S/C17H17N3O3S2/c21-15(18-12-7-8-25(22,23)10-12)9-24-17-19-13-5-1-3-11-4-2-6-14(20-17)16(11)13/h1-6,12H,7-10H2,(H,18,21)(H,19,20)/t12-/m0/s1. The molecule has 6 nitrogen and oxygen atoms in total. The van der Waals surface area contributed by atoms with Crippen molar-refractivity contribution < 1.29 is 13.2 Å². The number of thioether (sulfide) groups is 1. The molecule has 8 heteroatoms. The van der Waals surface area contributed by atoms with Crippen LogP contribution in [0.15, 0.2) is 41.4 Å². The van der Waals surface area contributed by atoms with Gasteiger partial charge in [0.15, 0.2) is 15.0 Å². The summed E-state index contributed by atoms with van der Waals surface area (Å²) in [7, 11) is -2.99. The van der Waals surface area contributed by atoms with Crippen molar-refractivity contribution in [2.75, 3.05) is 22.6 Å². The number of sulfone groups is 1. The first kappa shape index (κ1) is 16.4. The molecule has 2 aliphatic rings. The van der Waals surface area contributed by atoms with Crippen LogP contribution < -0.4 is 10.6 Å². The SMILES string of the molecule is O=C(CSC1=Nc2cccc3cccc(c23)N1)N[C@H]1CCS(=O)(=O)C1. The molecule has 1 saturated heterocycles. The van der Waals surface area contributed by atoms with E-state index in [1.54, 1.807) is 0 Å². The van der Waals surface area contributed by atoms with E-state index in [0.717, 1.165) is 22.1 Å². The Bertz CT molecular complexity index is 981. The van der Waals surface area contributed by atoms with Crippen LogP contribution >= 0.6 is 11.8 Å². The third-order valence-corrected chi connectivity index (χ3v) is 6.93. The molecular formula is C17H17N3O3S2. The van der Waals surface area contributed by atoms with E-state index in [2.05, 4.69) is 15.6 Å². The normalized spacial score (nSPS) is 20.8. The Morgan fingerprint density at radius 2 is 2.08 bits per heavy atom. The molecule has 0 aromatic heterocycles. The van der Waals surface area contributed by atoms with E-state index in [0.29, 0.717) is 11.6 Å². The monoisotopic (exact) mass is 375 g/mol. The van der Waals surface area contributed by atoms with Crippen molar-refractivity contribution in [2.24, 2.45) is 4.99 Å². The van der Waals surface area contributed by atoms with Crippen molar-refractivity contribution in [3.63, 3.8) is 0 Å². The molecule has 1 atom stereocenters. The average Bonchev–Trinajstić information content (AvgIpc) is 2.92. The summed E-state index contributed by atoms with van der Waals surface area (Å²) in [6.45, 7) is 0. The molecule has 2 aromatic rings. The quantitative estimate of drug-likeness (QED) is 0.859. The van der Waals surface area contributed by atoms with Crippen molar-refractivity contribution in [2.45, 2.75) is 12.5 Å². The van der Waals surface area contributed by atoms with Crippen LogP contribution in [0.1, 0.15) is 6.42 Å². The van der Waals surface area contributed by atoms with Crippen molar-refractivity contribution in [3.8, 4) is 0 Å². The summed E-state index contributed by atoms with van der Waals surface area (Å²) in [5.74, 6) is 0.215. The molecule has 0 bridgehead atoms. The highest BCUT2D eigenvalue weighted by Crippen LogP contribution is 2.36. The topological polar surface area (TPSA) is 87.6 Å². The number of benzene rings is 2. The van der Waals surface area contributed by atoms with Crippen LogP contribution in [0.4, 0.5) is 11.4 Å². The van der Waals surface area contributed by atoms with E-state index in [-0.39, 0.29) is 29.2 Å². The minimum absolute atomic E-state index is 0.0397. The number of hydrogen-bond acceptors (Lipinski definition) is 6. The van der Waals surface area contributed by atoms with Gasteiger partial charge in [-0.25, -0.2) is 13.4 Å². The predicted molar refractivity (Wildman–Crippen MR) is 102 cm³/mol. The van der Waals surface area contributed by atoms with Gasteiger partial charge in [0, 0.05) is 11.4 Å². The third kappa shape index (κ3) is 3.50. The number of carbonyl (C=O) groups excluding carboxylic acids is 1. The van der Waals surface area contributed by atoms with Crippen LogP contribution in [0.25, 0.3) is 10.8 Å². The van der Waals surface area contributed by atoms with Gasteiger partial charge in [-0.05, 0) is 23.9 Å². The zero-order valence-electron chi connectivity index (χ0n) is 13.4. The number of amides is 1. The molecule has 1 fully saturated rings. The number of anilines is 1. The smallest absolute Gasteiger partial charge is 0.230 e. The number of carbonyl (C=O) groups is 1. The predicted octanol–water partition coefficient (Wildman–Crippen LogP) is 2.29. The summed E-state index contributed by atoms with van der Waals surface area (Å²) in [5, 5.41) is 8.92. The Kier molecular flexibility index (Phi) is 4.16. The lowest BCUT2D eigenvalue weighted by molar-refractivity contribution is -0.119. The number of aliphatic imine (C=N–C) groups is 1. The van der Waals surface area contributed by atoms with E-state index in [1.807, 2.05) is 36.4 Å². The van der Waals surface area contributed by atoms with E-state index in [9.17, 15) is 13.2 Å². The zero-order chi connectivity index (χ0) is 17.4. The molecule has 0 radical (unpaired) electrons. The minimum atomic E-state index is -2.99. The van der Waals surface area contributed by atoms with Gasteiger partial charge in [0.25, 0.3) is 0 Å². The number of amidine groups is 1. The molecule has 2 N–H and O–H groups in total. The van der Waals surface area contributed by atoms with Crippen LogP contribution in [0.5, 0.6) is 0 Å². The van der Waals surface area contributed by atoms with Crippen LogP contribution in [-0.2, 0) is 14.6 Å². The van der Waals surface area contributed by atoms with Gasteiger partial charge in [0.1, 0.15) is 0 Å². The molecule has 25 heavy (non-hydrogen) atoms. The first-order valence-corrected chi connectivity index (χ1v) is 10.8. The lowest BCUT2D eigenvalue weighted by Gasteiger charge is -2.18. The fourth-order valence-corrected chi connectivity index (χ4v) is 5.52. The van der Waals surface area contributed by atoms with Gasteiger partial charge >= 0.3 is 0 Å². The summed E-state index contributed by atoms with van der Waals surface area (Å²) in [6, 6.07) is 11.7. The Labute approximate surface area is 150 Å². The molecule has 0 unspecified atom stereocenters. The van der Waals surface area contributed by atoms with E-state index in [1.165, 1.54) is 11.8 Å². The fraction of sp³-hybridized carbons (Fsp3) is 0.294. The van der Waals surface area contributed by atoms with Gasteiger partial charge in [0.05, 0.1) is 28.6 Å². The number of rotatable bonds is 3. The van der Waals surface area contributed by atoms with Crippen LogP contribution in [0, 0.1) is 0 Å². The maximum absolute atomic E-state index is 12.1. The molecule has 130 valence electrons. The third-order valence-electron chi connectivity index (χ3n) is 4.28. The Morgan fingerprint density at radius 3 is 2.84 bits per heavy atom. The summed E-state index contributed by atoms with van der Waals surface area (Å²) in [5.41, 5.74) is 1.87. The van der Waals surface area contributed by atoms with Gasteiger partial charge < -0.3 is 10.6 Å². The molecule has 1 amide bonds. The summed E-state index contributed by atoms with van der Waals surface area (Å²) >= 11 is 1.31. The van der Waals surface area contributed by atoms with E-state index >= 15 is 0 Å². The maximum Gasteiger partial charge on any atom is 0.230 e. The number of nitrogens with one attached hydrogen (secondary N) is 2. The zero-order valence-corrected chi connectivity index (χ0v) is 15.0. The highest BCUT2D eigenvalue weighted by Gasteiger charge is 2.29. The second-order valence-corrected chi connectivity index (χ2v) is 9.37. The molecule has 4 rings (SSSR count). The highest BCUT2D eigenvalue weighted by atomic mass is 32.2. The first-order valence-electron chi connectivity index (χ1n) is 8.00. The molecule has 2 aromatic carbocycles. The van der Waals surface area contributed by atoms with Gasteiger partial charge in [-0.15, -0.1) is 0 Å². The van der Waals surface area contributed by atoms with Crippen LogP contribution in [0.3, 0.4) is 0 Å². The first-order chi connectivity index (χ1) is 12.0. The van der Waals surface area contributed by atoms with Gasteiger partial charge in [-0.3, -0.25) is 4.79 Å². The summed E-state index contributed by atoms with van der Waals surface area (Å²) < 4.78 is 22.9. The van der Waals surface area contributed by atoms with Gasteiger partial charge in [-0.1, -0.05) is 36.0 Å². The number of nitrogens with zero attached hydrogens (tertiary/aromatic N) is 1. The Balaban J connectivity index is 1.41. The second-order valence-electron chi connectivity index (χ2n) is 6.18. The van der Waals surface area contributed by atoms with Gasteiger partial charge in [-0.2, -0.15) is 0 Å². The van der Waals surface area contributed by atoms with E-state index in [4.69, 9.17) is 0 Å². The van der Waals surface area contributed by atoms with Gasteiger partial charge in [0.2, 0.25) is 5.91 Å². The largest absolute Gasteiger partial charge is 0.352 e. The van der Waals surface area contributed by atoms with Crippen molar-refractivity contribution in [1.29, 1.82) is 0 Å². The van der Waals surface area contributed by atoms with Crippen molar-refractivity contribution in [1.82, 2.24) is 5.32 Å².